The van der Waals surface area contributed by atoms with Crippen LogP contribution in [-0.2, 0) is 32.9 Å². The zero-order valence-corrected chi connectivity index (χ0v) is 22.1. The Morgan fingerprint density at radius 1 is 1.27 bits per heavy atom. The highest BCUT2D eigenvalue weighted by Gasteiger charge is 2.55. The second-order valence-corrected chi connectivity index (χ2v) is 10.9. The van der Waals surface area contributed by atoms with Gasteiger partial charge in [-0.1, -0.05) is 6.58 Å². The predicted molar refractivity (Wildman–Crippen MR) is 132 cm³/mol. The summed E-state index contributed by atoms with van der Waals surface area (Å²) in [6, 6.07) is 0.297. The number of carbonyl (C=O) groups excluding carboxylic acids is 2. The Labute approximate surface area is 215 Å². The number of hydrogen-bond acceptors (Lipinski definition) is 11. The summed E-state index contributed by atoms with van der Waals surface area (Å²) in [5.74, 6) is -0.337. The molecule has 0 bridgehead atoms. The Kier molecular flexibility index (Phi) is 9.86. The molecule has 1 aliphatic carbocycles. The molecule has 4 atom stereocenters. The van der Waals surface area contributed by atoms with Crippen molar-refractivity contribution in [3.05, 3.63) is 24.7 Å². The molecule has 208 valence electrons. The third-order valence-electron chi connectivity index (χ3n) is 5.75. The van der Waals surface area contributed by atoms with Crippen molar-refractivity contribution in [3.63, 3.8) is 0 Å². The fraction of sp³-hybridized carbons (Fsp3) is 0.682. The molecule has 5 N–H and O–H groups in total. The van der Waals surface area contributed by atoms with Crippen molar-refractivity contribution >= 4 is 25.4 Å². The lowest BCUT2D eigenvalue weighted by molar-refractivity contribution is -0.142. The van der Waals surface area contributed by atoms with Crippen LogP contribution in [0.3, 0.4) is 0 Å². The number of esters is 2. The van der Waals surface area contributed by atoms with Crippen LogP contribution in [0, 0.1) is 0 Å². The molecule has 37 heavy (non-hydrogen) atoms. The number of aliphatic hydroxyl groups excluding tert-OH is 1. The predicted octanol–water partition coefficient (Wildman–Crippen LogP) is -0.296. The maximum atomic E-state index is 13.3. The number of carbonyl (C=O) groups is 2. The molecule has 2 fully saturated rings. The summed E-state index contributed by atoms with van der Waals surface area (Å²) in [5, 5.41) is 29.8. The Hall–Kier alpha value is -2.32. The molecule has 14 nitrogen and oxygen atoms in total. The van der Waals surface area contributed by atoms with Crippen molar-refractivity contribution in [1.29, 1.82) is 0 Å². The van der Waals surface area contributed by atoms with E-state index in [2.05, 4.69) is 27.1 Å². The fourth-order valence-electron chi connectivity index (χ4n) is 3.65. The van der Waals surface area contributed by atoms with Crippen molar-refractivity contribution < 1.29 is 43.1 Å². The molecule has 0 aromatic rings. The maximum absolute atomic E-state index is 13.3. The molecule has 0 aromatic carbocycles. The zero-order valence-electron chi connectivity index (χ0n) is 21.2. The number of amidine groups is 1. The van der Waals surface area contributed by atoms with Gasteiger partial charge in [0.15, 0.2) is 6.23 Å². The molecule has 1 saturated carbocycles. The van der Waals surface area contributed by atoms with E-state index in [1.54, 1.807) is 26.1 Å². The molecule has 0 amide bonds. The number of ether oxygens (including phenoxy) is 3. The fourth-order valence-corrected chi connectivity index (χ4v) is 4.98. The molecule has 2 aliphatic heterocycles. The van der Waals surface area contributed by atoms with E-state index in [0.29, 0.717) is 17.7 Å². The van der Waals surface area contributed by atoms with E-state index in [1.165, 1.54) is 11.8 Å². The summed E-state index contributed by atoms with van der Waals surface area (Å²) < 4.78 is 34.3. The van der Waals surface area contributed by atoms with Gasteiger partial charge in [0.05, 0.1) is 25.9 Å². The van der Waals surface area contributed by atoms with Crippen LogP contribution in [0.1, 0.15) is 33.6 Å². The van der Waals surface area contributed by atoms with E-state index in [0.717, 1.165) is 12.8 Å². The van der Waals surface area contributed by atoms with Gasteiger partial charge >= 0.3 is 19.6 Å². The Morgan fingerprint density at radius 3 is 2.38 bits per heavy atom. The van der Waals surface area contributed by atoms with E-state index >= 15 is 0 Å². The molecule has 2 heterocycles. The topological polar surface area (TPSA) is 180 Å². The van der Waals surface area contributed by atoms with Crippen LogP contribution in [0.15, 0.2) is 29.7 Å². The first-order chi connectivity index (χ1) is 17.5. The van der Waals surface area contributed by atoms with Crippen LogP contribution in [0.4, 0.5) is 0 Å². The van der Waals surface area contributed by atoms with Crippen LogP contribution in [-0.4, -0.2) is 95.9 Å². The summed E-state index contributed by atoms with van der Waals surface area (Å²) in [5.41, 5.74) is -1.77. The van der Waals surface area contributed by atoms with Gasteiger partial charge in [-0.2, -0.15) is 0 Å². The minimum atomic E-state index is -4.02. The number of aliphatic imine (C=N–C) groups is 1. The number of nitrogens with zero attached hydrogens (tertiary/aromatic N) is 2. The first-order valence-electron chi connectivity index (χ1n) is 12.1. The quantitative estimate of drug-likeness (QED) is 0.151. The average Bonchev–Trinajstić information content (AvgIpc) is 3.63. The van der Waals surface area contributed by atoms with Crippen LogP contribution < -0.4 is 15.5 Å². The minimum Gasteiger partial charge on any atom is -0.465 e. The number of rotatable bonds is 13. The molecule has 0 radical (unpaired) electrons. The van der Waals surface area contributed by atoms with Gasteiger partial charge in [-0.3, -0.25) is 19.1 Å². The summed E-state index contributed by atoms with van der Waals surface area (Å²) in [6.07, 6.45) is 1.81. The molecule has 3 rings (SSSR count). The average molecular weight is 546 g/mol. The summed E-state index contributed by atoms with van der Waals surface area (Å²) >= 11 is 0. The minimum absolute atomic E-state index is 0.125. The summed E-state index contributed by atoms with van der Waals surface area (Å²) in [6.45, 7) is 7.46. The Balaban J connectivity index is 1.66. The van der Waals surface area contributed by atoms with Crippen molar-refractivity contribution in [3.8, 4) is 0 Å². The number of hydrogen-bond donors (Lipinski definition) is 5. The van der Waals surface area contributed by atoms with E-state index in [1.807, 2.05) is 0 Å². The van der Waals surface area contributed by atoms with Gasteiger partial charge in [-0.15, -0.1) is 0 Å². The van der Waals surface area contributed by atoms with Crippen LogP contribution in [0.2, 0.25) is 0 Å². The zero-order chi connectivity index (χ0) is 27.2. The lowest BCUT2D eigenvalue weighted by Crippen LogP contribution is -2.53. The second kappa shape index (κ2) is 12.5. The molecular formula is C22H36N5O9P. The highest BCUT2D eigenvalue weighted by atomic mass is 31.2. The Morgan fingerprint density at radius 2 is 1.86 bits per heavy atom. The van der Waals surface area contributed by atoms with Crippen molar-refractivity contribution in [2.75, 3.05) is 32.9 Å². The summed E-state index contributed by atoms with van der Waals surface area (Å²) in [7, 11) is -4.02. The van der Waals surface area contributed by atoms with Crippen LogP contribution in [0.25, 0.3) is 0 Å². The molecule has 15 heteroatoms. The van der Waals surface area contributed by atoms with Crippen LogP contribution >= 0.6 is 7.67 Å². The molecule has 0 spiro atoms. The number of aliphatic hydroxyl groups is 2. The Bertz CT molecular complexity index is 942. The molecule has 1 saturated heterocycles. The highest BCUT2D eigenvalue weighted by Crippen LogP contribution is 2.41. The van der Waals surface area contributed by atoms with Gasteiger partial charge in [-0.25, -0.2) is 10.2 Å². The van der Waals surface area contributed by atoms with Crippen molar-refractivity contribution in [1.82, 2.24) is 20.4 Å². The molecule has 1 unspecified atom stereocenters. The normalized spacial score (nSPS) is 28.9. The second-order valence-electron chi connectivity index (χ2n) is 8.86. The first-order valence-corrected chi connectivity index (χ1v) is 13.7. The van der Waals surface area contributed by atoms with Gasteiger partial charge in [0, 0.05) is 6.20 Å². The third kappa shape index (κ3) is 7.84. The van der Waals surface area contributed by atoms with Crippen LogP contribution in [0.5, 0.6) is 0 Å². The first kappa shape index (κ1) is 29.2. The molecular weight excluding hydrogens is 509 g/mol. The van der Waals surface area contributed by atoms with E-state index in [-0.39, 0.29) is 13.2 Å². The van der Waals surface area contributed by atoms with Gasteiger partial charge < -0.3 is 39.2 Å². The molecule has 3 aliphatic rings. The monoisotopic (exact) mass is 545 g/mol. The van der Waals surface area contributed by atoms with Crippen molar-refractivity contribution in [2.45, 2.75) is 63.7 Å². The highest BCUT2D eigenvalue weighted by molar-refractivity contribution is 7.54. The van der Waals surface area contributed by atoms with E-state index in [4.69, 9.17) is 18.7 Å². The number of nitrogens with one attached hydrogen (secondary N) is 3. The third-order valence-corrected chi connectivity index (χ3v) is 7.41. The van der Waals surface area contributed by atoms with Gasteiger partial charge in [-0.05, 0) is 39.7 Å². The lowest BCUT2D eigenvalue weighted by Gasteiger charge is -2.37. The maximum Gasteiger partial charge on any atom is 0.341 e. The van der Waals surface area contributed by atoms with Gasteiger partial charge in [0.1, 0.15) is 42.6 Å². The standard InChI is InChI=1S/C22H36N5O9P/c1-5-33-18(28)11-23-37(32,24-12-19(29)34-6-2)35-13-16-20(30)22(4,31)21(36-16)27-10-9-17(25-14(27)3)26-15-7-8-15/h9-10,15-16,20-21,30-31H,3,5-8,11-13H2,1-2,4H3,(H,25,26)(H2,23,24,32)/t16-,20+,21-,22?/m1/s1. The smallest absolute Gasteiger partial charge is 0.341 e. The van der Waals surface area contributed by atoms with E-state index < -0.39 is 63.3 Å². The van der Waals surface area contributed by atoms with Crippen molar-refractivity contribution in [2.24, 2.45) is 4.99 Å². The van der Waals surface area contributed by atoms with E-state index in [9.17, 15) is 24.4 Å². The lowest BCUT2D eigenvalue weighted by atomic mass is 9.96. The largest absolute Gasteiger partial charge is 0.465 e. The summed E-state index contributed by atoms with van der Waals surface area (Å²) in [4.78, 5) is 29.5. The SMILES string of the molecule is C=C1NC(=NC2CC2)C=CN1[C@@H]1O[C@H](COP(=O)(NCC(=O)OCC)NCC(=O)OCC)[C@H](O)C1(C)O. The molecule has 0 aromatic heterocycles. The van der Waals surface area contributed by atoms with Gasteiger partial charge in [0.2, 0.25) is 0 Å². The van der Waals surface area contributed by atoms with Gasteiger partial charge in [0.25, 0.3) is 0 Å².